The number of nitrogens with zero attached hydrogens (tertiary/aromatic N) is 4. The number of aryl methyl sites for hydroxylation is 3. The molecule has 0 bridgehead atoms. The van der Waals surface area contributed by atoms with E-state index in [1.807, 2.05) is 19.1 Å². The number of rotatable bonds is 9. The van der Waals surface area contributed by atoms with Crippen LogP contribution in [0.15, 0.2) is 54.6 Å². The molecule has 0 radical (unpaired) electrons. The molecule has 4 aromatic rings. The molecule has 214 valence electrons. The minimum absolute atomic E-state index is 0.148. The summed E-state index contributed by atoms with van der Waals surface area (Å²) in [5, 5.41) is 13.0. The van der Waals surface area contributed by atoms with Crippen LogP contribution in [0, 0.1) is 12.7 Å². The lowest BCUT2D eigenvalue weighted by Crippen LogP contribution is -2.19. The van der Waals surface area contributed by atoms with Crippen LogP contribution in [-0.4, -0.2) is 44.1 Å². The number of aromatic nitrogens is 4. The average molecular weight is 568 g/mol. The number of carbonyl (C=O) groups is 1. The number of hydrogen-bond donors (Lipinski definition) is 3. The van der Waals surface area contributed by atoms with Crippen LogP contribution < -0.4 is 10.6 Å². The SMILES string of the molecule is Cc1nc(CN2CCCC2)cc(Nc2cc(CCc3cc(NC(=O)c4cccc(C(F)(F)F)c4)ccc3F)[nH]n2)n1. The molecule has 5 rings (SSSR count). The Bertz CT molecular complexity index is 1530. The van der Waals surface area contributed by atoms with E-state index in [9.17, 15) is 22.4 Å². The van der Waals surface area contributed by atoms with Gasteiger partial charge in [0, 0.05) is 35.6 Å². The number of amides is 1. The van der Waals surface area contributed by atoms with Gasteiger partial charge < -0.3 is 10.6 Å². The summed E-state index contributed by atoms with van der Waals surface area (Å²) in [6.07, 6.45) is -1.43. The number of nitrogens with one attached hydrogen (secondary N) is 3. The van der Waals surface area contributed by atoms with Gasteiger partial charge in [0.05, 0.1) is 11.3 Å². The maximum atomic E-state index is 14.5. The largest absolute Gasteiger partial charge is 0.416 e. The quantitative estimate of drug-likeness (QED) is 0.213. The van der Waals surface area contributed by atoms with Crippen LogP contribution >= 0.6 is 0 Å². The van der Waals surface area contributed by atoms with Crippen molar-refractivity contribution < 1.29 is 22.4 Å². The normalized spacial score (nSPS) is 13.9. The van der Waals surface area contributed by atoms with Crippen molar-refractivity contribution in [3.8, 4) is 0 Å². The van der Waals surface area contributed by atoms with Gasteiger partial charge in [0.1, 0.15) is 17.5 Å². The Morgan fingerprint density at radius 3 is 2.59 bits per heavy atom. The lowest BCUT2D eigenvalue weighted by atomic mass is 10.1. The van der Waals surface area contributed by atoms with Crippen molar-refractivity contribution in [2.45, 2.75) is 45.3 Å². The van der Waals surface area contributed by atoms with Gasteiger partial charge in [-0.25, -0.2) is 14.4 Å². The smallest absolute Gasteiger partial charge is 0.323 e. The van der Waals surface area contributed by atoms with Crippen molar-refractivity contribution in [2.75, 3.05) is 23.7 Å². The molecule has 0 aliphatic carbocycles. The van der Waals surface area contributed by atoms with Gasteiger partial charge in [0.25, 0.3) is 5.91 Å². The third-order valence-corrected chi connectivity index (χ3v) is 6.78. The first-order chi connectivity index (χ1) is 19.6. The summed E-state index contributed by atoms with van der Waals surface area (Å²) >= 11 is 0. The van der Waals surface area contributed by atoms with Crippen LogP contribution in [0.25, 0.3) is 0 Å². The highest BCUT2D eigenvalue weighted by Crippen LogP contribution is 2.30. The molecule has 1 aliphatic rings. The average Bonchev–Trinajstić information content (AvgIpc) is 3.60. The summed E-state index contributed by atoms with van der Waals surface area (Å²) in [6, 6.07) is 11.9. The topological polar surface area (TPSA) is 98.8 Å². The molecule has 3 heterocycles. The lowest BCUT2D eigenvalue weighted by Gasteiger charge is -2.14. The number of likely N-dealkylation sites (tertiary alicyclic amines) is 1. The molecule has 0 spiro atoms. The van der Waals surface area contributed by atoms with Crippen molar-refractivity contribution in [2.24, 2.45) is 0 Å². The van der Waals surface area contributed by atoms with Crippen LogP contribution in [0.4, 0.5) is 34.9 Å². The summed E-state index contributed by atoms with van der Waals surface area (Å²) in [5.41, 5.74) is 1.25. The van der Waals surface area contributed by atoms with E-state index in [2.05, 4.69) is 35.7 Å². The highest BCUT2D eigenvalue weighted by atomic mass is 19.4. The number of aromatic amines is 1. The zero-order valence-corrected chi connectivity index (χ0v) is 22.4. The first-order valence-corrected chi connectivity index (χ1v) is 13.3. The fraction of sp³-hybridized carbons (Fsp3) is 0.310. The molecule has 8 nitrogen and oxygen atoms in total. The predicted octanol–water partition coefficient (Wildman–Crippen LogP) is 6.04. The number of anilines is 3. The van der Waals surface area contributed by atoms with Gasteiger partial charge in [0.2, 0.25) is 0 Å². The van der Waals surface area contributed by atoms with Gasteiger partial charge in [-0.1, -0.05) is 6.07 Å². The van der Waals surface area contributed by atoms with E-state index in [1.54, 1.807) is 0 Å². The summed E-state index contributed by atoms with van der Waals surface area (Å²) in [5.74, 6) is 0.687. The highest BCUT2D eigenvalue weighted by molar-refractivity contribution is 6.04. The van der Waals surface area contributed by atoms with Crippen LogP contribution in [0.5, 0.6) is 0 Å². The fourth-order valence-corrected chi connectivity index (χ4v) is 4.78. The minimum Gasteiger partial charge on any atom is -0.323 e. The first-order valence-electron chi connectivity index (χ1n) is 13.3. The van der Waals surface area contributed by atoms with Crippen LogP contribution in [0.2, 0.25) is 0 Å². The monoisotopic (exact) mass is 567 g/mol. The second-order valence-electron chi connectivity index (χ2n) is 10.0. The molecule has 2 aromatic carbocycles. The van der Waals surface area contributed by atoms with Crippen LogP contribution in [-0.2, 0) is 25.6 Å². The third kappa shape index (κ3) is 7.46. The van der Waals surface area contributed by atoms with E-state index in [-0.39, 0.29) is 11.3 Å². The fourth-order valence-electron chi connectivity index (χ4n) is 4.78. The van der Waals surface area contributed by atoms with Crippen LogP contribution in [0.3, 0.4) is 0 Å². The van der Waals surface area contributed by atoms with E-state index in [1.165, 1.54) is 43.2 Å². The molecule has 1 saturated heterocycles. The Morgan fingerprint density at radius 1 is 1.00 bits per heavy atom. The summed E-state index contributed by atoms with van der Waals surface area (Å²) in [4.78, 5) is 23.9. The summed E-state index contributed by atoms with van der Waals surface area (Å²) in [7, 11) is 0. The molecule has 0 unspecified atom stereocenters. The first kappa shape index (κ1) is 28.2. The predicted molar refractivity (Wildman–Crippen MR) is 146 cm³/mol. The molecule has 3 N–H and O–H groups in total. The molecule has 12 heteroatoms. The summed E-state index contributed by atoms with van der Waals surface area (Å²) < 4.78 is 53.5. The zero-order valence-electron chi connectivity index (χ0n) is 22.4. The molecule has 1 amide bonds. The van der Waals surface area contributed by atoms with E-state index >= 15 is 0 Å². The van der Waals surface area contributed by atoms with Crippen LogP contribution in [0.1, 0.15) is 51.5 Å². The van der Waals surface area contributed by atoms with E-state index in [4.69, 9.17) is 0 Å². The van der Waals surface area contributed by atoms with Gasteiger partial charge in [0.15, 0.2) is 5.82 Å². The Hall–Kier alpha value is -4.32. The van der Waals surface area contributed by atoms with Crippen molar-refractivity contribution in [3.05, 3.63) is 94.3 Å². The molecule has 1 aliphatic heterocycles. The van der Waals surface area contributed by atoms with Gasteiger partial charge >= 0.3 is 6.18 Å². The number of benzene rings is 2. The Kier molecular flexibility index (Phi) is 8.29. The van der Waals surface area contributed by atoms with Gasteiger partial charge in [-0.3, -0.25) is 14.8 Å². The molecular weight excluding hydrogens is 538 g/mol. The number of hydrogen-bond acceptors (Lipinski definition) is 6. The van der Waals surface area contributed by atoms with Crippen molar-refractivity contribution in [1.82, 2.24) is 25.1 Å². The summed E-state index contributed by atoms with van der Waals surface area (Å²) in [6.45, 7) is 4.76. The maximum absolute atomic E-state index is 14.5. The molecule has 41 heavy (non-hydrogen) atoms. The second kappa shape index (κ2) is 12.0. The number of alkyl halides is 3. The molecule has 1 fully saturated rings. The number of H-pyrrole nitrogens is 1. The lowest BCUT2D eigenvalue weighted by molar-refractivity contribution is -0.137. The van der Waals surface area contributed by atoms with E-state index in [0.29, 0.717) is 35.9 Å². The van der Waals surface area contributed by atoms with Gasteiger partial charge in [-0.05, 0) is 87.7 Å². The number of halogens is 4. The molecule has 2 aromatic heterocycles. The Balaban J connectivity index is 1.20. The van der Waals surface area contributed by atoms with Crippen molar-refractivity contribution in [1.29, 1.82) is 0 Å². The van der Waals surface area contributed by atoms with E-state index < -0.39 is 23.5 Å². The van der Waals surface area contributed by atoms with Gasteiger partial charge in [-0.2, -0.15) is 18.3 Å². The molecular formula is C29H29F4N7O. The molecule has 0 atom stereocenters. The number of carbonyl (C=O) groups excluding carboxylic acids is 1. The standard InChI is InChI=1S/C29H29F4N7O/c1-18-34-24(17-40-11-2-3-12-40)16-26(35-18)37-27-15-23(38-39-27)8-7-19-14-22(9-10-25(19)30)36-28(41)20-5-4-6-21(13-20)29(31,32)33/h4-6,9-10,13-16H,2-3,7-8,11-12,17H2,1H3,(H,36,41)(H2,34,35,37,38,39). The van der Waals surface area contributed by atoms with Crippen molar-refractivity contribution >= 4 is 23.2 Å². The third-order valence-electron chi connectivity index (χ3n) is 6.78. The Morgan fingerprint density at radius 2 is 1.80 bits per heavy atom. The zero-order chi connectivity index (χ0) is 29.0. The minimum atomic E-state index is -4.56. The maximum Gasteiger partial charge on any atom is 0.416 e. The van der Waals surface area contributed by atoms with E-state index in [0.717, 1.165) is 43.2 Å². The van der Waals surface area contributed by atoms with Gasteiger partial charge in [-0.15, -0.1) is 0 Å². The Labute approximate surface area is 234 Å². The molecule has 0 saturated carbocycles. The highest BCUT2D eigenvalue weighted by Gasteiger charge is 2.31. The van der Waals surface area contributed by atoms with Crippen molar-refractivity contribution in [3.63, 3.8) is 0 Å². The second-order valence-corrected chi connectivity index (χ2v) is 10.0.